The third-order valence-corrected chi connectivity index (χ3v) is 4.35. The van der Waals surface area contributed by atoms with E-state index in [2.05, 4.69) is 5.32 Å². The zero-order chi connectivity index (χ0) is 20.1. The maximum Gasteiger partial charge on any atom is 0.266 e. The van der Waals surface area contributed by atoms with Crippen LogP contribution in [0.2, 0.25) is 0 Å². The number of carbonyl (C=O) groups is 1. The van der Waals surface area contributed by atoms with Crippen LogP contribution in [0.3, 0.4) is 0 Å². The van der Waals surface area contributed by atoms with Crippen LogP contribution in [-0.4, -0.2) is 25.7 Å². The summed E-state index contributed by atoms with van der Waals surface area (Å²) in [4.78, 5) is 12.6. The molecule has 1 heterocycles. The van der Waals surface area contributed by atoms with Crippen molar-refractivity contribution in [1.29, 1.82) is 5.26 Å². The molecule has 1 aliphatic rings. The van der Waals surface area contributed by atoms with Gasteiger partial charge in [-0.15, -0.1) is 0 Å². The largest absolute Gasteiger partial charge is 0.495 e. The van der Waals surface area contributed by atoms with E-state index in [0.29, 0.717) is 29.4 Å². The molecule has 144 valence electrons. The molecule has 2 aromatic carbocycles. The molecule has 1 aliphatic heterocycles. The van der Waals surface area contributed by atoms with Gasteiger partial charge in [0.2, 0.25) is 0 Å². The van der Waals surface area contributed by atoms with E-state index in [4.69, 9.17) is 14.2 Å². The van der Waals surface area contributed by atoms with Crippen LogP contribution in [0.4, 0.5) is 5.69 Å². The van der Waals surface area contributed by atoms with Crippen LogP contribution in [0, 0.1) is 11.3 Å². The Balaban J connectivity index is 1.93. The summed E-state index contributed by atoms with van der Waals surface area (Å²) in [6.07, 6.45) is 2.41. The Labute approximate surface area is 164 Å². The molecule has 3 rings (SSSR count). The standard InChI is InChI=1S/C22H22N2O4/c1-4-27-20-11-15-9-14(2)28-21(15)12-16(20)10-17(13-23)22(25)24-18-7-5-6-8-19(18)26-3/h5-8,10-12,14H,4,9H2,1-3H3,(H,24,25)/b17-10+. The molecule has 0 aliphatic carbocycles. The Hall–Kier alpha value is -3.46. The fourth-order valence-corrected chi connectivity index (χ4v) is 3.09. The molecule has 2 aromatic rings. The lowest BCUT2D eigenvalue weighted by Gasteiger charge is -2.11. The molecule has 0 aromatic heterocycles. The van der Waals surface area contributed by atoms with E-state index in [-0.39, 0.29) is 11.7 Å². The van der Waals surface area contributed by atoms with Crippen molar-refractivity contribution in [2.75, 3.05) is 19.0 Å². The summed E-state index contributed by atoms with van der Waals surface area (Å²) in [5.74, 6) is 1.37. The number of para-hydroxylation sites is 2. The summed E-state index contributed by atoms with van der Waals surface area (Å²) < 4.78 is 16.7. The topological polar surface area (TPSA) is 80.6 Å². The van der Waals surface area contributed by atoms with E-state index < -0.39 is 5.91 Å². The highest BCUT2D eigenvalue weighted by Crippen LogP contribution is 2.36. The van der Waals surface area contributed by atoms with Gasteiger partial charge in [0.25, 0.3) is 5.91 Å². The van der Waals surface area contributed by atoms with Crippen molar-refractivity contribution >= 4 is 17.7 Å². The van der Waals surface area contributed by atoms with Gasteiger partial charge < -0.3 is 19.5 Å². The van der Waals surface area contributed by atoms with Crippen LogP contribution in [0.25, 0.3) is 6.08 Å². The number of anilines is 1. The van der Waals surface area contributed by atoms with Crippen LogP contribution >= 0.6 is 0 Å². The maximum atomic E-state index is 12.6. The second-order valence-corrected chi connectivity index (χ2v) is 6.39. The Morgan fingerprint density at radius 2 is 2.14 bits per heavy atom. The number of ether oxygens (including phenoxy) is 3. The predicted molar refractivity (Wildman–Crippen MR) is 107 cm³/mol. The van der Waals surface area contributed by atoms with Crippen LogP contribution < -0.4 is 19.5 Å². The van der Waals surface area contributed by atoms with Gasteiger partial charge in [-0.3, -0.25) is 4.79 Å². The molecular weight excluding hydrogens is 356 g/mol. The number of nitriles is 1. The van der Waals surface area contributed by atoms with Gasteiger partial charge in [0.05, 0.1) is 19.4 Å². The van der Waals surface area contributed by atoms with Gasteiger partial charge in [0.1, 0.15) is 35.0 Å². The van der Waals surface area contributed by atoms with Gasteiger partial charge in [0.15, 0.2) is 0 Å². The summed E-state index contributed by atoms with van der Waals surface area (Å²) in [6.45, 7) is 4.36. The highest BCUT2D eigenvalue weighted by atomic mass is 16.5. The number of carbonyl (C=O) groups excluding carboxylic acids is 1. The van der Waals surface area contributed by atoms with Crippen LogP contribution in [0.1, 0.15) is 25.0 Å². The summed E-state index contributed by atoms with van der Waals surface area (Å²) in [6, 6.07) is 12.7. The number of nitrogens with zero attached hydrogens (tertiary/aromatic N) is 1. The first kappa shape index (κ1) is 19.3. The number of hydrogen-bond acceptors (Lipinski definition) is 5. The average Bonchev–Trinajstić information content (AvgIpc) is 3.05. The summed E-state index contributed by atoms with van der Waals surface area (Å²) in [5, 5.41) is 12.3. The van der Waals surface area contributed by atoms with Crippen molar-refractivity contribution in [1.82, 2.24) is 0 Å². The average molecular weight is 378 g/mol. The number of amides is 1. The first-order valence-electron chi connectivity index (χ1n) is 9.08. The van der Waals surface area contributed by atoms with E-state index in [1.54, 1.807) is 24.3 Å². The van der Waals surface area contributed by atoms with E-state index in [0.717, 1.165) is 17.7 Å². The molecule has 28 heavy (non-hydrogen) atoms. The second-order valence-electron chi connectivity index (χ2n) is 6.39. The van der Waals surface area contributed by atoms with Crippen LogP contribution in [0.15, 0.2) is 42.0 Å². The number of nitrogens with one attached hydrogen (secondary N) is 1. The molecule has 1 unspecified atom stereocenters. The Morgan fingerprint density at radius 3 is 2.86 bits per heavy atom. The normalized spacial score (nSPS) is 15.2. The molecule has 1 amide bonds. The third-order valence-electron chi connectivity index (χ3n) is 4.35. The molecule has 0 spiro atoms. The summed E-state index contributed by atoms with van der Waals surface area (Å²) in [7, 11) is 1.52. The fraction of sp³-hybridized carbons (Fsp3) is 0.273. The van der Waals surface area contributed by atoms with Crippen molar-refractivity contribution in [3.8, 4) is 23.3 Å². The van der Waals surface area contributed by atoms with Crippen LogP contribution in [0.5, 0.6) is 17.2 Å². The molecule has 6 nitrogen and oxygen atoms in total. The lowest BCUT2D eigenvalue weighted by Crippen LogP contribution is -2.14. The molecule has 0 fully saturated rings. The molecule has 6 heteroatoms. The summed E-state index contributed by atoms with van der Waals surface area (Å²) in [5.41, 5.74) is 2.14. The highest BCUT2D eigenvalue weighted by molar-refractivity contribution is 6.10. The van der Waals surface area contributed by atoms with E-state index in [1.165, 1.54) is 13.2 Å². The third kappa shape index (κ3) is 4.09. The van der Waals surface area contributed by atoms with Gasteiger partial charge >= 0.3 is 0 Å². The Morgan fingerprint density at radius 1 is 1.36 bits per heavy atom. The van der Waals surface area contributed by atoms with Crippen molar-refractivity contribution in [3.05, 3.63) is 53.1 Å². The molecule has 0 bridgehead atoms. The van der Waals surface area contributed by atoms with Gasteiger partial charge in [0, 0.05) is 17.5 Å². The molecule has 1 atom stereocenters. The monoisotopic (exact) mass is 378 g/mol. The van der Waals surface area contributed by atoms with Crippen molar-refractivity contribution in [3.63, 3.8) is 0 Å². The first-order chi connectivity index (χ1) is 13.5. The lowest BCUT2D eigenvalue weighted by atomic mass is 10.0. The molecule has 1 N–H and O–H groups in total. The van der Waals surface area contributed by atoms with Gasteiger partial charge in [-0.1, -0.05) is 12.1 Å². The molecule has 0 radical (unpaired) electrons. The molecular formula is C22H22N2O4. The minimum Gasteiger partial charge on any atom is -0.495 e. The van der Waals surface area contributed by atoms with Gasteiger partial charge in [-0.2, -0.15) is 5.26 Å². The SMILES string of the molecule is CCOc1cc2c(cc1/C=C(\C#N)C(=O)Nc1ccccc1OC)OC(C)C2. The molecule has 0 saturated heterocycles. The lowest BCUT2D eigenvalue weighted by molar-refractivity contribution is -0.112. The second kappa shape index (κ2) is 8.49. The quantitative estimate of drug-likeness (QED) is 0.608. The van der Waals surface area contributed by atoms with Gasteiger partial charge in [-0.25, -0.2) is 0 Å². The van der Waals surface area contributed by atoms with Crippen molar-refractivity contribution in [2.24, 2.45) is 0 Å². The number of rotatable bonds is 6. The highest BCUT2D eigenvalue weighted by Gasteiger charge is 2.22. The number of benzene rings is 2. The van der Waals surface area contributed by atoms with E-state index in [9.17, 15) is 10.1 Å². The zero-order valence-corrected chi connectivity index (χ0v) is 16.1. The minimum absolute atomic E-state index is 0.0437. The van der Waals surface area contributed by atoms with Crippen molar-refractivity contribution < 1.29 is 19.0 Å². The fourth-order valence-electron chi connectivity index (χ4n) is 3.09. The molecule has 0 saturated carbocycles. The zero-order valence-electron chi connectivity index (χ0n) is 16.1. The predicted octanol–water partition coefficient (Wildman–Crippen LogP) is 3.96. The van der Waals surface area contributed by atoms with Crippen LogP contribution in [-0.2, 0) is 11.2 Å². The van der Waals surface area contributed by atoms with E-state index in [1.807, 2.05) is 32.0 Å². The Bertz CT molecular complexity index is 959. The minimum atomic E-state index is -0.524. The van der Waals surface area contributed by atoms with Gasteiger partial charge in [-0.05, 0) is 44.2 Å². The maximum absolute atomic E-state index is 12.6. The summed E-state index contributed by atoms with van der Waals surface area (Å²) >= 11 is 0. The van der Waals surface area contributed by atoms with Crippen molar-refractivity contribution in [2.45, 2.75) is 26.4 Å². The number of fused-ring (bicyclic) bond motifs is 1. The Kier molecular flexibility index (Phi) is 5.85. The number of methoxy groups -OCH3 is 1. The van der Waals surface area contributed by atoms with E-state index >= 15 is 0 Å². The number of hydrogen-bond donors (Lipinski definition) is 1. The smallest absolute Gasteiger partial charge is 0.266 e. The first-order valence-corrected chi connectivity index (χ1v) is 9.08.